The van der Waals surface area contributed by atoms with E-state index >= 15 is 0 Å². The summed E-state index contributed by atoms with van der Waals surface area (Å²) in [7, 11) is 1.74. The van der Waals surface area contributed by atoms with Gasteiger partial charge in [0.25, 0.3) is 0 Å². The summed E-state index contributed by atoms with van der Waals surface area (Å²) in [5.74, 6) is 1.49. The number of rotatable bonds is 6. The van der Waals surface area contributed by atoms with Gasteiger partial charge in [0.15, 0.2) is 5.82 Å². The zero-order valence-corrected chi connectivity index (χ0v) is 11.1. The van der Waals surface area contributed by atoms with Gasteiger partial charge in [-0.25, -0.2) is 4.98 Å². The summed E-state index contributed by atoms with van der Waals surface area (Å²) in [6.07, 6.45) is 1.87. The average molecular weight is 259 g/mol. The molecule has 1 atom stereocenters. The maximum Gasteiger partial charge on any atom is 0.224 e. The number of nitrogens with zero attached hydrogens (tertiary/aromatic N) is 2. The van der Waals surface area contributed by atoms with E-state index in [2.05, 4.69) is 34.4 Å². The van der Waals surface area contributed by atoms with Crippen molar-refractivity contribution < 1.29 is 5.11 Å². The summed E-state index contributed by atoms with van der Waals surface area (Å²) in [6, 6.07) is 0. The highest BCUT2D eigenvalue weighted by molar-refractivity contribution is 6.32. The molecular weight excluding hydrogens is 240 g/mol. The summed E-state index contributed by atoms with van der Waals surface area (Å²) in [4.78, 5) is 8.14. The van der Waals surface area contributed by atoms with Gasteiger partial charge in [-0.15, -0.1) is 0 Å². The second-order valence-corrected chi connectivity index (χ2v) is 4.71. The Balaban J connectivity index is 2.56. The first-order valence-corrected chi connectivity index (χ1v) is 6.03. The summed E-state index contributed by atoms with van der Waals surface area (Å²) in [6.45, 7) is 4.57. The van der Waals surface area contributed by atoms with Gasteiger partial charge in [0.1, 0.15) is 5.02 Å². The molecule has 1 heterocycles. The molecule has 0 amide bonds. The van der Waals surface area contributed by atoms with Crippen molar-refractivity contribution in [2.24, 2.45) is 5.92 Å². The van der Waals surface area contributed by atoms with Crippen LogP contribution in [0.5, 0.6) is 0 Å². The monoisotopic (exact) mass is 258 g/mol. The highest BCUT2D eigenvalue weighted by Gasteiger charge is 2.09. The van der Waals surface area contributed by atoms with Crippen LogP contribution in [0.25, 0.3) is 0 Å². The number of aromatic nitrogens is 2. The zero-order chi connectivity index (χ0) is 12.8. The number of aliphatic hydroxyl groups is 1. The fourth-order valence-electron chi connectivity index (χ4n) is 1.45. The molecule has 0 aliphatic carbocycles. The Morgan fingerprint density at radius 3 is 2.76 bits per heavy atom. The lowest BCUT2D eigenvalue weighted by Crippen LogP contribution is -2.22. The highest BCUT2D eigenvalue weighted by Crippen LogP contribution is 2.19. The van der Waals surface area contributed by atoms with Crippen molar-refractivity contribution in [1.82, 2.24) is 9.97 Å². The third-order valence-electron chi connectivity index (χ3n) is 2.22. The Morgan fingerprint density at radius 1 is 1.47 bits per heavy atom. The lowest BCUT2D eigenvalue weighted by molar-refractivity contribution is 0.161. The Morgan fingerprint density at radius 2 is 2.18 bits per heavy atom. The Labute approximate surface area is 107 Å². The van der Waals surface area contributed by atoms with Gasteiger partial charge < -0.3 is 15.7 Å². The Kier molecular flexibility index (Phi) is 5.44. The predicted molar refractivity (Wildman–Crippen MR) is 70.5 cm³/mol. The minimum Gasteiger partial charge on any atom is -0.391 e. The van der Waals surface area contributed by atoms with Crippen molar-refractivity contribution in [1.29, 1.82) is 0 Å². The van der Waals surface area contributed by atoms with Gasteiger partial charge in [-0.3, -0.25) is 0 Å². The quantitative estimate of drug-likeness (QED) is 0.728. The highest BCUT2D eigenvalue weighted by atomic mass is 35.5. The van der Waals surface area contributed by atoms with Crippen LogP contribution in [0.1, 0.15) is 20.3 Å². The third kappa shape index (κ3) is 4.75. The second kappa shape index (κ2) is 6.61. The van der Waals surface area contributed by atoms with E-state index in [-0.39, 0.29) is 0 Å². The predicted octanol–water partition coefficient (Wildman–Crippen LogP) is 1.99. The van der Waals surface area contributed by atoms with Crippen LogP contribution in [0.2, 0.25) is 5.02 Å². The van der Waals surface area contributed by atoms with Crippen molar-refractivity contribution in [3.8, 4) is 0 Å². The van der Waals surface area contributed by atoms with Gasteiger partial charge in [0, 0.05) is 13.6 Å². The van der Waals surface area contributed by atoms with Crippen LogP contribution in [0.3, 0.4) is 0 Å². The van der Waals surface area contributed by atoms with Crippen LogP contribution >= 0.6 is 11.6 Å². The molecule has 0 bridgehead atoms. The number of nitrogens with one attached hydrogen (secondary N) is 2. The van der Waals surface area contributed by atoms with E-state index in [1.54, 1.807) is 7.05 Å². The number of halogens is 1. The van der Waals surface area contributed by atoms with E-state index in [1.807, 2.05) is 0 Å². The molecule has 1 aromatic rings. The molecule has 3 N–H and O–H groups in total. The standard InChI is InChI=1S/C11H19ClN4O/c1-7(2)4-8(17)5-14-10-9(12)6-15-11(13-3)16-10/h6-8,17H,4-5H2,1-3H3,(H2,13,14,15,16). The van der Waals surface area contributed by atoms with Gasteiger partial charge in [-0.2, -0.15) is 4.98 Å². The van der Waals surface area contributed by atoms with Crippen LogP contribution in [0.4, 0.5) is 11.8 Å². The molecule has 0 spiro atoms. The molecule has 0 saturated heterocycles. The number of aliphatic hydroxyl groups excluding tert-OH is 1. The molecule has 17 heavy (non-hydrogen) atoms. The van der Waals surface area contributed by atoms with Crippen LogP contribution in [-0.4, -0.2) is 34.8 Å². The third-order valence-corrected chi connectivity index (χ3v) is 2.49. The van der Waals surface area contributed by atoms with Gasteiger partial charge in [-0.05, 0) is 12.3 Å². The first-order valence-electron chi connectivity index (χ1n) is 5.65. The van der Waals surface area contributed by atoms with E-state index in [0.717, 1.165) is 6.42 Å². The van der Waals surface area contributed by atoms with Crippen molar-refractivity contribution >= 4 is 23.4 Å². The van der Waals surface area contributed by atoms with Gasteiger partial charge in [0.05, 0.1) is 12.3 Å². The molecular formula is C11H19ClN4O. The van der Waals surface area contributed by atoms with Gasteiger partial charge in [0.2, 0.25) is 5.95 Å². The van der Waals surface area contributed by atoms with Crippen molar-refractivity contribution in [3.05, 3.63) is 11.2 Å². The number of hydrogen-bond acceptors (Lipinski definition) is 5. The van der Waals surface area contributed by atoms with E-state index in [9.17, 15) is 5.11 Å². The maximum absolute atomic E-state index is 9.73. The van der Waals surface area contributed by atoms with E-state index < -0.39 is 6.10 Å². The molecule has 0 aliphatic heterocycles. The fourth-order valence-corrected chi connectivity index (χ4v) is 1.61. The van der Waals surface area contributed by atoms with Gasteiger partial charge in [-0.1, -0.05) is 25.4 Å². The Bertz CT molecular complexity index is 359. The molecule has 0 radical (unpaired) electrons. The molecule has 5 nitrogen and oxygen atoms in total. The molecule has 6 heteroatoms. The maximum atomic E-state index is 9.73. The second-order valence-electron chi connectivity index (χ2n) is 4.30. The normalized spacial score (nSPS) is 12.6. The van der Waals surface area contributed by atoms with Gasteiger partial charge >= 0.3 is 0 Å². The summed E-state index contributed by atoms with van der Waals surface area (Å²) in [5.41, 5.74) is 0. The lowest BCUT2D eigenvalue weighted by atomic mass is 10.1. The van der Waals surface area contributed by atoms with Crippen LogP contribution in [-0.2, 0) is 0 Å². The molecule has 0 saturated carbocycles. The molecule has 1 aromatic heterocycles. The van der Waals surface area contributed by atoms with Crippen LogP contribution in [0.15, 0.2) is 6.20 Å². The van der Waals surface area contributed by atoms with Crippen molar-refractivity contribution in [2.45, 2.75) is 26.4 Å². The first-order chi connectivity index (χ1) is 8.02. The molecule has 0 aromatic carbocycles. The summed E-state index contributed by atoms with van der Waals surface area (Å²) >= 11 is 5.95. The number of hydrogen-bond donors (Lipinski definition) is 3. The topological polar surface area (TPSA) is 70.1 Å². The molecule has 96 valence electrons. The minimum absolute atomic E-state index is 0.404. The van der Waals surface area contributed by atoms with Crippen LogP contribution < -0.4 is 10.6 Å². The van der Waals surface area contributed by atoms with E-state index in [4.69, 9.17) is 11.6 Å². The minimum atomic E-state index is -0.404. The molecule has 1 rings (SSSR count). The first kappa shape index (κ1) is 14.0. The van der Waals surface area contributed by atoms with E-state index in [1.165, 1.54) is 6.20 Å². The van der Waals surface area contributed by atoms with Crippen LogP contribution in [0, 0.1) is 5.92 Å². The lowest BCUT2D eigenvalue weighted by Gasteiger charge is -2.15. The average Bonchev–Trinajstić information content (AvgIpc) is 2.27. The molecule has 0 aliphatic rings. The smallest absolute Gasteiger partial charge is 0.224 e. The summed E-state index contributed by atoms with van der Waals surface area (Å²) in [5, 5.41) is 16.0. The summed E-state index contributed by atoms with van der Waals surface area (Å²) < 4.78 is 0. The number of anilines is 2. The fraction of sp³-hybridized carbons (Fsp3) is 0.636. The molecule has 1 unspecified atom stereocenters. The molecule has 0 fully saturated rings. The van der Waals surface area contributed by atoms with Crippen molar-refractivity contribution in [2.75, 3.05) is 24.2 Å². The zero-order valence-electron chi connectivity index (χ0n) is 10.4. The SMILES string of the molecule is CNc1ncc(Cl)c(NCC(O)CC(C)C)n1. The van der Waals surface area contributed by atoms with E-state index in [0.29, 0.717) is 29.3 Å². The van der Waals surface area contributed by atoms with Crippen molar-refractivity contribution in [3.63, 3.8) is 0 Å². The largest absolute Gasteiger partial charge is 0.391 e. The Hall–Kier alpha value is -1.07.